The van der Waals surface area contributed by atoms with Crippen molar-refractivity contribution in [3.63, 3.8) is 0 Å². The first-order chi connectivity index (χ1) is 15.0. The number of benzene rings is 2. The summed E-state index contributed by atoms with van der Waals surface area (Å²) in [5, 5.41) is 2.73. The van der Waals surface area contributed by atoms with Gasteiger partial charge in [-0.25, -0.2) is 8.42 Å². The van der Waals surface area contributed by atoms with E-state index in [1.807, 2.05) is 0 Å². The summed E-state index contributed by atoms with van der Waals surface area (Å²) >= 11 is 5.88. The lowest BCUT2D eigenvalue weighted by molar-refractivity contribution is -0.153. The summed E-state index contributed by atoms with van der Waals surface area (Å²) in [5.41, 5.74) is 0.769. The number of sulfonamides is 1. The number of aryl methyl sites for hydroxylation is 1. The quantitative estimate of drug-likeness (QED) is 0.512. The largest absolute Gasteiger partial charge is 0.482 e. The average molecular weight is 493 g/mol. The predicted octanol–water partition coefficient (Wildman–Crippen LogP) is 4.88. The normalized spacial score (nSPS) is 12.1. The van der Waals surface area contributed by atoms with Crippen molar-refractivity contribution < 1.29 is 31.1 Å². The molecule has 1 amide bonds. The lowest BCUT2D eigenvalue weighted by Gasteiger charge is -2.18. The third-order valence-electron chi connectivity index (χ3n) is 4.51. The first-order valence-electron chi connectivity index (χ1n) is 9.84. The molecule has 0 aliphatic carbocycles. The highest BCUT2D eigenvalue weighted by atomic mass is 35.5. The molecule has 32 heavy (non-hydrogen) atoms. The van der Waals surface area contributed by atoms with Crippen LogP contribution in [-0.4, -0.2) is 44.5 Å². The van der Waals surface area contributed by atoms with Gasteiger partial charge in [0, 0.05) is 24.5 Å². The molecule has 0 fully saturated rings. The average Bonchev–Trinajstić information content (AvgIpc) is 2.72. The number of hydrogen-bond donors (Lipinski definition) is 1. The van der Waals surface area contributed by atoms with E-state index < -0.39 is 28.7 Å². The van der Waals surface area contributed by atoms with Crippen LogP contribution in [0.25, 0.3) is 0 Å². The Hall–Kier alpha value is -2.30. The molecule has 0 atom stereocenters. The van der Waals surface area contributed by atoms with Crippen LogP contribution in [0.1, 0.15) is 25.8 Å². The van der Waals surface area contributed by atoms with Gasteiger partial charge in [0.1, 0.15) is 5.75 Å². The fourth-order valence-electron chi connectivity index (χ4n) is 2.90. The van der Waals surface area contributed by atoms with Crippen molar-refractivity contribution in [2.24, 2.45) is 0 Å². The number of nitrogens with zero attached hydrogens (tertiary/aromatic N) is 1. The molecule has 0 heterocycles. The number of ether oxygens (including phenoxy) is 1. The third-order valence-corrected chi connectivity index (χ3v) is 6.81. The van der Waals surface area contributed by atoms with Crippen molar-refractivity contribution in [2.75, 3.05) is 25.0 Å². The van der Waals surface area contributed by atoms with Gasteiger partial charge < -0.3 is 10.1 Å². The van der Waals surface area contributed by atoms with E-state index in [1.54, 1.807) is 26.0 Å². The Morgan fingerprint density at radius 3 is 2.28 bits per heavy atom. The Balaban J connectivity index is 2.01. The Kier molecular flexibility index (Phi) is 8.94. The molecule has 6 nitrogen and oxygen atoms in total. The molecule has 1 N–H and O–H groups in total. The summed E-state index contributed by atoms with van der Waals surface area (Å²) in [6, 6.07) is 10.1. The molecule has 0 bridgehead atoms. The second-order valence-corrected chi connectivity index (χ2v) is 9.20. The fraction of sp³-hybridized carbons (Fsp3) is 0.381. The van der Waals surface area contributed by atoms with Crippen LogP contribution in [0.2, 0.25) is 5.02 Å². The van der Waals surface area contributed by atoms with Gasteiger partial charge >= 0.3 is 6.18 Å². The summed E-state index contributed by atoms with van der Waals surface area (Å²) < 4.78 is 68.4. The van der Waals surface area contributed by atoms with Crippen LogP contribution in [0.4, 0.5) is 18.9 Å². The van der Waals surface area contributed by atoms with Gasteiger partial charge in [-0.05, 0) is 42.3 Å². The summed E-state index contributed by atoms with van der Waals surface area (Å²) in [7, 11) is -3.57. The van der Waals surface area contributed by atoms with Crippen molar-refractivity contribution >= 4 is 33.2 Å². The number of hydrogen-bond acceptors (Lipinski definition) is 4. The standard InChI is InChI=1S/C21H24ClF3N2O4S/c1-3-27(4-2)32(29,30)17-9-5-15(6-10-17)7-12-20(28)26-18-13-16(22)8-11-19(18)31-14-21(23,24)25/h5-6,8-11,13H,3-4,7,12,14H2,1-2H3,(H,26,28). The number of anilines is 1. The van der Waals surface area contributed by atoms with Crippen LogP contribution in [0.15, 0.2) is 47.4 Å². The Labute approximate surface area is 190 Å². The molecule has 0 saturated carbocycles. The maximum absolute atomic E-state index is 12.5. The molecule has 2 rings (SSSR count). The molecule has 0 saturated heterocycles. The molecule has 176 valence electrons. The Morgan fingerprint density at radius 1 is 1.09 bits per heavy atom. The van der Waals surface area contributed by atoms with E-state index in [2.05, 4.69) is 5.32 Å². The summed E-state index contributed by atoms with van der Waals surface area (Å²) in [5.74, 6) is -0.602. The minimum Gasteiger partial charge on any atom is -0.482 e. The van der Waals surface area contributed by atoms with Crippen molar-refractivity contribution in [1.82, 2.24) is 4.31 Å². The molecule has 0 aliphatic heterocycles. The molecule has 11 heteroatoms. The molecule has 0 spiro atoms. The number of rotatable bonds is 10. The minimum absolute atomic E-state index is 0.0212. The van der Waals surface area contributed by atoms with E-state index in [-0.39, 0.29) is 27.8 Å². The second-order valence-electron chi connectivity index (χ2n) is 6.83. The summed E-state index contributed by atoms with van der Waals surface area (Å²) in [6.07, 6.45) is -4.20. The van der Waals surface area contributed by atoms with E-state index in [9.17, 15) is 26.4 Å². The zero-order valence-corrected chi connectivity index (χ0v) is 19.1. The number of carbonyl (C=O) groups is 1. The van der Waals surface area contributed by atoms with Gasteiger partial charge in [-0.3, -0.25) is 4.79 Å². The van der Waals surface area contributed by atoms with Gasteiger partial charge in [0.15, 0.2) is 6.61 Å². The van der Waals surface area contributed by atoms with E-state index in [4.69, 9.17) is 16.3 Å². The number of alkyl halides is 3. The molecular formula is C21H24ClF3N2O4S. The van der Waals surface area contributed by atoms with Crippen LogP contribution < -0.4 is 10.1 Å². The van der Waals surface area contributed by atoms with Crippen molar-refractivity contribution in [2.45, 2.75) is 37.8 Å². The van der Waals surface area contributed by atoms with Crippen LogP contribution in [0.5, 0.6) is 5.75 Å². The molecule has 0 radical (unpaired) electrons. The SMILES string of the molecule is CCN(CC)S(=O)(=O)c1ccc(CCC(=O)Nc2cc(Cl)ccc2OCC(F)(F)F)cc1. The van der Waals surface area contributed by atoms with Crippen molar-refractivity contribution in [3.8, 4) is 5.75 Å². The molecule has 2 aromatic rings. The molecule has 0 aromatic heterocycles. The first kappa shape index (κ1) is 26.0. The topological polar surface area (TPSA) is 75.7 Å². The lowest BCUT2D eigenvalue weighted by Crippen LogP contribution is -2.30. The van der Waals surface area contributed by atoms with E-state index in [1.165, 1.54) is 34.6 Å². The maximum atomic E-state index is 12.5. The Bertz CT molecular complexity index is 1020. The number of halogens is 4. The number of carbonyl (C=O) groups excluding carboxylic acids is 1. The molecular weight excluding hydrogens is 469 g/mol. The molecule has 0 aliphatic rings. The second kappa shape index (κ2) is 11.0. The minimum atomic E-state index is -4.52. The summed E-state index contributed by atoms with van der Waals surface area (Å²) in [6.45, 7) is 2.74. The highest BCUT2D eigenvalue weighted by molar-refractivity contribution is 7.89. The summed E-state index contributed by atoms with van der Waals surface area (Å²) in [4.78, 5) is 12.5. The molecule has 0 unspecified atom stereocenters. The molecule has 2 aromatic carbocycles. The van der Waals surface area contributed by atoms with Crippen LogP contribution >= 0.6 is 11.6 Å². The first-order valence-corrected chi connectivity index (χ1v) is 11.7. The van der Waals surface area contributed by atoms with Crippen LogP contribution in [0, 0.1) is 0 Å². The van der Waals surface area contributed by atoms with Gasteiger partial charge in [0.25, 0.3) is 0 Å². The zero-order chi connectivity index (χ0) is 23.9. The zero-order valence-electron chi connectivity index (χ0n) is 17.6. The highest BCUT2D eigenvalue weighted by Crippen LogP contribution is 2.30. The van der Waals surface area contributed by atoms with E-state index >= 15 is 0 Å². The van der Waals surface area contributed by atoms with Crippen LogP contribution in [-0.2, 0) is 21.2 Å². The van der Waals surface area contributed by atoms with Gasteiger partial charge in [0.2, 0.25) is 15.9 Å². The van der Waals surface area contributed by atoms with Gasteiger partial charge in [-0.1, -0.05) is 37.6 Å². The van der Waals surface area contributed by atoms with E-state index in [0.717, 1.165) is 5.56 Å². The third kappa shape index (κ3) is 7.39. The Morgan fingerprint density at radius 2 is 1.72 bits per heavy atom. The smallest absolute Gasteiger partial charge is 0.422 e. The van der Waals surface area contributed by atoms with Gasteiger partial charge in [0.05, 0.1) is 10.6 Å². The maximum Gasteiger partial charge on any atom is 0.422 e. The fourth-order valence-corrected chi connectivity index (χ4v) is 4.53. The van der Waals surface area contributed by atoms with Crippen LogP contribution in [0.3, 0.4) is 0 Å². The van der Waals surface area contributed by atoms with Gasteiger partial charge in [-0.15, -0.1) is 0 Å². The van der Waals surface area contributed by atoms with E-state index in [0.29, 0.717) is 19.5 Å². The van der Waals surface area contributed by atoms with Crippen molar-refractivity contribution in [3.05, 3.63) is 53.1 Å². The van der Waals surface area contributed by atoms with Crippen molar-refractivity contribution in [1.29, 1.82) is 0 Å². The number of nitrogens with one attached hydrogen (secondary N) is 1. The number of amides is 1. The monoisotopic (exact) mass is 492 g/mol. The predicted molar refractivity (Wildman–Crippen MR) is 117 cm³/mol. The lowest BCUT2D eigenvalue weighted by atomic mass is 10.1. The highest BCUT2D eigenvalue weighted by Gasteiger charge is 2.29. The van der Waals surface area contributed by atoms with Gasteiger partial charge in [-0.2, -0.15) is 17.5 Å².